The Morgan fingerprint density at radius 3 is 2.54 bits per heavy atom. The number of hydrogen-bond donors (Lipinski definition) is 1. The van der Waals surface area contributed by atoms with E-state index >= 15 is 0 Å². The van der Waals surface area contributed by atoms with Gasteiger partial charge in [0.25, 0.3) is 5.91 Å². The van der Waals surface area contributed by atoms with E-state index < -0.39 is 23.7 Å². The molecule has 0 spiro atoms. The van der Waals surface area contributed by atoms with Crippen molar-refractivity contribution in [1.82, 2.24) is 14.4 Å². The largest absolute Gasteiger partial charge is 0.465 e. The molecule has 3 aromatic rings. The van der Waals surface area contributed by atoms with Crippen LogP contribution in [-0.4, -0.2) is 33.4 Å². The first-order chi connectivity index (χ1) is 12.2. The molecule has 0 radical (unpaired) electrons. The number of fused-ring (bicyclic) bond motifs is 1. The fourth-order valence-corrected chi connectivity index (χ4v) is 2.49. The van der Waals surface area contributed by atoms with E-state index in [4.69, 9.17) is 5.73 Å². The first-order valence-electron chi connectivity index (χ1n) is 7.15. The Hall–Kier alpha value is -3.43. The molecule has 0 aliphatic rings. The van der Waals surface area contributed by atoms with Crippen molar-refractivity contribution < 1.29 is 27.5 Å². The van der Waals surface area contributed by atoms with Crippen LogP contribution < -0.4 is 5.73 Å². The lowest BCUT2D eigenvalue weighted by Gasteiger charge is -2.13. The molecule has 0 aliphatic carbocycles. The van der Waals surface area contributed by atoms with Crippen LogP contribution in [0.5, 0.6) is 0 Å². The molecule has 3 aromatic heterocycles. The standard InChI is InChI=1S/C16H11F3N4O3/c1-26-15(25)9-5-11(12(21-6-9)16(17,18)19)8-2-3-23-10(4-8)7-22-14(23)13(20)24/h2-7H,1H3,(H2,20,24). The average molecular weight is 364 g/mol. The minimum atomic E-state index is -4.73. The number of methoxy groups -OCH3 is 1. The van der Waals surface area contributed by atoms with E-state index in [1.54, 1.807) is 0 Å². The van der Waals surface area contributed by atoms with Gasteiger partial charge >= 0.3 is 12.1 Å². The number of amides is 1. The van der Waals surface area contributed by atoms with E-state index in [2.05, 4.69) is 14.7 Å². The second-order valence-corrected chi connectivity index (χ2v) is 5.27. The van der Waals surface area contributed by atoms with Gasteiger partial charge in [-0.15, -0.1) is 0 Å². The van der Waals surface area contributed by atoms with E-state index in [0.29, 0.717) is 5.52 Å². The van der Waals surface area contributed by atoms with Crippen molar-refractivity contribution in [2.75, 3.05) is 7.11 Å². The summed E-state index contributed by atoms with van der Waals surface area (Å²) in [5.74, 6) is -1.64. The van der Waals surface area contributed by atoms with Gasteiger partial charge in [-0.25, -0.2) is 9.78 Å². The molecular weight excluding hydrogens is 353 g/mol. The number of primary amides is 1. The number of imidazole rings is 1. The van der Waals surface area contributed by atoms with Crippen molar-refractivity contribution in [3.05, 3.63) is 53.9 Å². The number of rotatable bonds is 3. The van der Waals surface area contributed by atoms with Gasteiger partial charge in [0.05, 0.1) is 24.4 Å². The molecule has 2 N–H and O–H groups in total. The van der Waals surface area contributed by atoms with E-state index in [1.807, 2.05) is 0 Å². The monoisotopic (exact) mass is 364 g/mol. The lowest BCUT2D eigenvalue weighted by atomic mass is 10.0. The summed E-state index contributed by atoms with van der Waals surface area (Å²) < 4.78 is 45.8. The van der Waals surface area contributed by atoms with Crippen molar-refractivity contribution >= 4 is 17.4 Å². The van der Waals surface area contributed by atoms with Crippen molar-refractivity contribution in [3.63, 3.8) is 0 Å². The Morgan fingerprint density at radius 2 is 1.92 bits per heavy atom. The summed E-state index contributed by atoms with van der Waals surface area (Å²) in [6.07, 6.45) is -1.26. The van der Waals surface area contributed by atoms with Gasteiger partial charge in [-0.1, -0.05) is 0 Å². The van der Waals surface area contributed by atoms with E-state index in [0.717, 1.165) is 19.4 Å². The molecule has 0 aliphatic heterocycles. The summed E-state index contributed by atoms with van der Waals surface area (Å²) in [5.41, 5.74) is 4.11. The van der Waals surface area contributed by atoms with Gasteiger partial charge in [0, 0.05) is 18.0 Å². The molecule has 134 valence electrons. The molecule has 0 aromatic carbocycles. The van der Waals surface area contributed by atoms with Crippen LogP contribution >= 0.6 is 0 Å². The number of pyridine rings is 2. The van der Waals surface area contributed by atoms with Gasteiger partial charge in [0.1, 0.15) is 0 Å². The zero-order chi connectivity index (χ0) is 19.1. The molecule has 0 atom stereocenters. The fraction of sp³-hybridized carbons (Fsp3) is 0.125. The number of nitrogens with two attached hydrogens (primary N) is 1. The Kier molecular flexibility index (Phi) is 4.10. The molecule has 0 saturated carbocycles. The molecule has 0 saturated heterocycles. The van der Waals surface area contributed by atoms with Crippen LogP contribution in [0.25, 0.3) is 16.6 Å². The number of aromatic nitrogens is 3. The maximum absolute atomic E-state index is 13.3. The fourth-order valence-electron chi connectivity index (χ4n) is 2.49. The minimum Gasteiger partial charge on any atom is -0.465 e. The van der Waals surface area contributed by atoms with Crippen molar-refractivity contribution in [1.29, 1.82) is 0 Å². The quantitative estimate of drug-likeness (QED) is 0.719. The van der Waals surface area contributed by atoms with E-state index in [-0.39, 0.29) is 22.5 Å². The molecule has 10 heteroatoms. The minimum absolute atomic E-state index is 0.0518. The molecule has 1 amide bonds. The predicted molar refractivity (Wildman–Crippen MR) is 83.3 cm³/mol. The highest BCUT2D eigenvalue weighted by Crippen LogP contribution is 2.36. The smallest absolute Gasteiger partial charge is 0.433 e. The number of carbonyl (C=O) groups is 2. The summed E-state index contributed by atoms with van der Waals surface area (Å²) in [4.78, 5) is 30.2. The van der Waals surface area contributed by atoms with Gasteiger partial charge in [-0.05, 0) is 23.8 Å². The van der Waals surface area contributed by atoms with Crippen molar-refractivity contribution in [3.8, 4) is 11.1 Å². The molecule has 0 unspecified atom stereocenters. The Bertz CT molecular complexity index is 1030. The number of halogens is 3. The van der Waals surface area contributed by atoms with Crippen LogP contribution in [0, 0.1) is 0 Å². The Balaban J connectivity index is 2.22. The summed E-state index contributed by atoms with van der Waals surface area (Å²) in [5, 5.41) is 0. The third-order valence-corrected chi connectivity index (χ3v) is 3.64. The van der Waals surface area contributed by atoms with Crippen LogP contribution in [-0.2, 0) is 10.9 Å². The molecule has 26 heavy (non-hydrogen) atoms. The van der Waals surface area contributed by atoms with Gasteiger partial charge in [0.15, 0.2) is 5.69 Å². The van der Waals surface area contributed by atoms with Crippen LogP contribution in [0.1, 0.15) is 26.7 Å². The SMILES string of the molecule is COC(=O)c1cnc(C(F)(F)F)c(-c2ccn3c(C(N)=O)ncc3c2)c1. The van der Waals surface area contributed by atoms with Gasteiger partial charge < -0.3 is 10.5 Å². The lowest BCUT2D eigenvalue weighted by Crippen LogP contribution is -2.15. The third kappa shape index (κ3) is 2.96. The molecular formula is C16H11F3N4O3. The molecule has 0 bridgehead atoms. The van der Waals surface area contributed by atoms with E-state index in [1.165, 1.54) is 28.9 Å². The first kappa shape index (κ1) is 17.4. The number of ether oxygens (including phenoxy) is 1. The maximum atomic E-state index is 13.3. The normalized spacial score (nSPS) is 11.5. The summed E-state index contributed by atoms with van der Waals surface area (Å²) in [6, 6.07) is 3.78. The zero-order valence-corrected chi connectivity index (χ0v) is 13.2. The molecule has 3 rings (SSSR count). The zero-order valence-electron chi connectivity index (χ0n) is 13.2. The summed E-state index contributed by atoms with van der Waals surface area (Å²) in [7, 11) is 1.11. The topological polar surface area (TPSA) is 99.6 Å². The van der Waals surface area contributed by atoms with Gasteiger partial charge in [-0.2, -0.15) is 13.2 Å². The highest BCUT2D eigenvalue weighted by Gasteiger charge is 2.36. The summed E-state index contributed by atoms with van der Waals surface area (Å²) >= 11 is 0. The second kappa shape index (κ2) is 6.14. The number of nitrogens with zero attached hydrogens (tertiary/aromatic N) is 3. The van der Waals surface area contributed by atoms with Crippen LogP contribution in [0.2, 0.25) is 0 Å². The van der Waals surface area contributed by atoms with Crippen molar-refractivity contribution in [2.45, 2.75) is 6.18 Å². The van der Waals surface area contributed by atoms with Gasteiger partial charge in [0.2, 0.25) is 5.82 Å². The van der Waals surface area contributed by atoms with E-state index in [9.17, 15) is 22.8 Å². The number of carbonyl (C=O) groups excluding carboxylic acids is 2. The average Bonchev–Trinajstić information content (AvgIpc) is 3.03. The third-order valence-electron chi connectivity index (χ3n) is 3.64. The number of esters is 1. The lowest BCUT2D eigenvalue weighted by molar-refractivity contribution is -0.140. The predicted octanol–water partition coefficient (Wildman–Crippen LogP) is 2.30. The number of hydrogen-bond acceptors (Lipinski definition) is 5. The number of alkyl halides is 3. The van der Waals surface area contributed by atoms with Gasteiger partial charge in [-0.3, -0.25) is 14.2 Å². The first-order valence-corrected chi connectivity index (χ1v) is 7.15. The highest BCUT2D eigenvalue weighted by molar-refractivity contribution is 5.92. The van der Waals surface area contributed by atoms with Crippen LogP contribution in [0.4, 0.5) is 13.2 Å². The molecule has 7 nitrogen and oxygen atoms in total. The Morgan fingerprint density at radius 1 is 1.19 bits per heavy atom. The highest BCUT2D eigenvalue weighted by atomic mass is 19.4. The molecule has 0 fully saturated rings. The van der Waals surface area contributed by atoms with Crippen LogP contribution in [0.15, 0.2) is 36.8 Å². The second-order valence-electron chi connectivity index (χ2n) is 5.27. The maximum Gasteiger partial charge on any atom is 0.433 e. The molecule has 3 heterocycles. The Labute approximate surface area is 144 Å². The summed E-state index contributed by atoms with van der Waals surface area (Å²) in [6.45, 7) is 0. The van der Waals surface area contributed by atoms with Crippen LogP contribution in [0.3, 0.4) is 0 Å². The van der Waals surface area contributed by atoms with Crippen molar-refractivity contribution in [2.24, 2.45) is 5.73 Å².